The van der Waals surface area contributed by atoms with E-state index in [0.717, 1.165) is 13.0 Å². The Bertz CT molecular complexity index is 2620. The molecular weight excluding hydrogens is 854 g/mol. The first-order chi connectivity index (χ1) is 30.2. The summed E-state index contributed by atoms with van der Waals surface area (Å²) in [6.45, 7) is 3.75. The molecule has 5 heterocycles. The molecule has 0 saturated carbocycles. The van der Waals surface area contributed by atoms with Crippen LogP contribution < -0.4 is 29.7 Å². The third-order valence-electron chi connectivity index (χ3n) is 11.9. The first kappa shape index (κ1) is 44.3. The number of hydrogen-bond donors (Lipinski definition) is 0. The number of ether oxygens (including phenoxy) is 4. The van der Waals surface area contributed by atoms with E-state index in [-0.39, 0.29) is 30.0 Å². The second-order valence-corrected chi connectivity index (χ2v) is 17.1. The molecule has 5 aromatic rings. The molecule has 3 aliphatic rings. The molecule has 19 heteroatoms. The van der Waals surface area contributed by atoms with Crippen LogP contribution in [-0.4, -0.2) is 76.1 Å². The molecule has 0 radical (unpaired) electrons. The molecular formula is C45H45F7N6O6. The molecule has 4 atom stereocenters. The molecule has 2 bridgehead atoms. The van der Waals surface area contributed by atoms with Crippen molar-refractivity contribution in [3.63, 3.8) is 0 Å². The molecule has 2 fully saturated rings. The van der Waals surface area contributed by atoms with Crippen molar-refractivity contribution in [2.75, 3.05) is 30.6 Å². The maximum absolute atomic E-state index is 17.6. The fraction of sp³-hybridized carbons (Fsp3) is 0.422. The summed E-state index contributed by atoms with van der Waals surface area (Å²) >= 11 is 0. The predicted molar refractivity (Wildman–Crippen MR) is 222 cm³/mol. The monoisotopic (exact) mass is 898 g/mol. The maximum Gasteiger partial charge on any atom is 0.417 e. The highest BCUT2D eigenvalue weighted by molar-refractivity contribution is 5.98. The van der Waals surface area contributed by atoms with E-state index in [1.807, 2.05) is 0 Å². The molecule has 0 spiro atoms. The largest absolute Gasteiger partial charge is 0.497 e. The van der Waals surface area contributed by atoms with E-state index in [4.69, 9.17) is 18.9 Å². The number of fused-ring (bicyclic) bond motifs is 5. The van der Waals surface area contributed by atoms with Gasteiger partial charge in [-0.25, -0.2) is 27.9 Å². The molecule has 1 amide bonds. The number of methoxy groups -OCH3 is 2. The van der Waals surface area contributed by atoms with Gasteiger partial charge in [-0.05, 0) is 94.5 Å². The van der Waals surface area contributed by atoms with Crippen molar-refractivity contribution in [2.24, 2.45) is 0 Å². The van der Waals surface area contributed by atoms with E-state index in [1.54, 1.807) is 86.0 Å². The molecule has 8 rings (SSSR count). The van der Waals surface area contributed by atoms with Crippen molar-refractivity contribution in [3.05, 3.63) is 99.0 Å². The summed E-state index contributed by atoms with van der Waals surface area (Å²) in [4.78, 5) is 40.1. The lowest BCUT2D eigenvalue weighted by molar-refractivity contribution is -0.137. The number of aromatic nitrogens is 3. The number of piperazine rings is 1. The Hall–Kier alpha value is -6.27. The van der Waals surface area contributed by atoms with Crippen LogP contribution in [0.3, 0.4) is 0 Å². The molecule has 0 aliphatic carbocycles. The zero-order valence-electron chi connectivity index (χ0n) is 35.9. The molecule has 2 aromatic heterocycles. The van der Waals surface area contributed by atoms with Gasteiger partial charge < -0.3 is 28.7 Å². The molecule has 0 N–H and O–H groups in total. The van der Waals surface area contributed by atoms with Gasteiger partial charge in [-0.2, -0.15) is 26.9 Å². The van der Waals surface area contributed by atoms with Gasteiger partial charge in [-0.1, -0.05) is 24.3 Å². The van der Waals surface area contributed by atoms with E-state index < -0.39 is 111 Å². The van der Waals surface area contributed by atoms with Crippen molar-refractivity contribution in [3.8, 4) is 28.6 Å². The van der Waals surface area contributed by atoms with Gasteiger partial charge in [0.2, 0.25) is 5.88 Å². The molecule has 3 aliphatic heterocycles. The molecule has 340 valence electrons. The Labute approximate surface area is 363 Å². The van der Waals surface area contributed by atoms with Gasteiger partial charge in [0, 0.05) is 25.2 Å². The Morgan fingerprint density at radius 1 is 0.922 bits per heavy atom. The number of halogens is 7. The molecule has 12 nitrogen and oxygen atoms in total. The Morgan fingerprint density at radius 3 is 2.05 bits per heavy atom. The van der Waals surface area contributed by atoms with Crippen LogP contribution in [0.15, 0.2) is 59.4 Å². The van der Waals surface area contributed by atoms with Gasteiger partial charge in [0.15, 0.2) is 5.82 Å². The average molecular weight is 899 g/mol. The van der Waals surface area contributed by atoms with Crippen molar-refractivity contribution >= 4 is 28.5 Å². The summed E-state index contributed by atoms with van der Waals surface area (Å²) in [5, 5.41) is -0.478. The van der Waals surface area contributed by atoms with Crippen LogP contribution >= 0.6 is 0 Å². The minimum atomic E-state index is -5.34. The highest BCUT2D eigenvalue weighted by Crippen LogP contribution is 2.49. The number of anilines is 2. The summed E-state index contributed by atoms with van der Waals surface area (Å²) in [7, 11) is 2.95. The molecule has 64 heavy (non-hydrogen) atoms. The number of nitrogens with zero attached hydrogens (tertiary/aromatic N) is 6. The third-order valence-corrected chi connectivity index (χ3v) is 11.9. The number of carbonyl (C=O) groups excluding carboxylic acids is 1. The molecule has 3 aromatic carbocycles. The topological polar surface area (TPSA) is 111 Å². The summed E-state index contributed by atoms with van der Waals surface area (Å²) in [5.74, 6) is -2.83. The van der Waals surface area contributed by atoms with Gasteiger partial charge in [-0.15, -0.1) is 0 Å². The Balaban J connectivity index is 1.34. The normalized spacial score (nSPS) is 19.4. The minimum Gasteiger partial charge on any atom is -0.497 e. The van der Waals surface area contributed by atoms with E-state index >= 15 is 30.7 Å². The number of carbonyl (C=O) groups is 1. The van der Waals surface area contributed by atoms with Crippen LogP contribution in [0.25, 0.3) is 22.2 Å². The summed E-state index contributed by atoms with van der Waals surface area (Å²) in [6.07, 6.45) is -6.00. The Kier molecular flexibility index (Phi) is 11.3. The molecule has 0 unspecified atom stereocenters. The smallest absolute Gasteiger partial charge is 0.417 e. The van der Waals surface area contributed by atoms with Crippen molar-refractivity contribution in [1.29, 1.82) is 0 Å². The number of alkyl halides is 5. The van der Waals surface area contributed by atoms with Gasteiger partial charge in [0.05, 0.1) is 43.6 Å². The van der Waals surface area contributed by atoms with Crippen LogP contribution in [0, 0.1) is 18.6 Å². The van der Waals surface area contributed by atoms with Crippen LogP contribution in [-0.2, 0) is 24.0 Å². The number of pyridine rings is 1. The highest BCUT2D eigenvalue weighted by Gasteiger charge is 2.54. The minimum absolute atomic E-state index is 0.00805. The maximum atomic E-state index is 17.6. The lowest BCUT2D eigenvalue weighted by Gasteiger charge is -2.48. The first-order valence-corrected chi connectivity index (χ1v) is 20.5. The van der Waals surface area contributed by atoms with Crippen molar-refractivity contribution < 1.29 is 54.5 Å². The Morgan fingerprint density at radius 2 is 1.52 bits per heavy atom. The lowest BCUT2D eigenvalue weighted by Crippen LogP contribution is -2.65. The first-order valence-electron chi connectivity index (χ1n) is 20.5. The second kappa shape index (κ2) is 16.4. The standard InChI is InChI=1S/C45H45F7N6O6/c1-22-33(45(50,51)52)29(18-31(34(22)46)55(19-24-8-13-27(61-6)14-9-24)20-25-10-15-28(62-7)16-11-25)36-35(47)38-32-39(54-42(59)58(38)41(48)49)56-21-26-12-17-30(37(56)23(2)63-40(32)53-36)57(26)43(60)64-44(3,4)5/h8-11,13-16,18,23,26,30,37,41H,12,17,19-21H2,1-7H3/t23-,26+,30-,37+/m0/s1. The van der Waals surface area contributed by atoms with Gasteiger partial charge in [0.1, 0.15) is 51.4 Å². The molecule has 2 saturated heterocycles. The number of rotatable bonds is 9. The van der Waals surface area contributed by atoms with Crippen molar-refractivity contribution in [1.82, 2.24) is 19.4 Å². The summed E-state index contributed by atoms with van der Waals surface area (Å²) in [5.41, 5.74) is -7.41. The number of amides is 1. The summed E-state index contributed by atoms with van der Waals surface area (Å²) < 4.78 is 133. The summed E-state index contributed by atoms with van der Waals surface area (Å²) in [6, 6.07) is 12.2. The van der Waals surface area contributed by atoms with E-state index in [9.17, 15) is 9.59 Å². The van der Waals surface area contributed by atoms with Gasteiger partial charge >= 0.3 is 24.5 Å². The van der Waals surface area contributed by atoms with E-state index in [0.29, 0.717) is 35.5 Å². The second-order valence-electron chi connectivity index (χ2n) is 17.1. The zero-order valence-corrected chi connectivity index (χ0v) is 35.9. The highest BCUT2D eigenvalue weighted by atomic mass is 19.4. The zero-order chi connectivity index (χ0) is 46.2. The quantitative estimate of drug-likeness (QED) is 0.133. The van der Waals surface area contributed by atoms with Gasteiger partial charge in [-0.3, -0.25) is 4.90 Å². The third kappa shape index (κ3) is 7.86. The lowest BCUT2D eigenvalue weighted by atomic mass is 9.95. The number of benzene rings is 3. The van der Waals surface area contributed by atoms with Crippen LogP contribution in [0.5, 0.6) is 17.4 Å². The number of hydrogen-bond acceptors (Lipinski definition) is 10. The SMILES string of the molecule is COc1ccc(CN(Cc2ccc(OC)cc2)c2cc(-c3nc4c5c(nc(=O)n(C(F)F)c5c3F)N3C[C@H]5CC[C@@H]([C@H]3[C@H](C)O4)N5C(=O)OC(C)(C)C)c(C(F)(F)F)c(C)c2F)cc1. The fourth-order valence-electron chi connectivity index (χ4n) is 9.22. The fourth-order valence-corrected chi connectivity index (χ4v) is 9.22. The average Bonchev–Trinajstić information content (AvgIpc) is 3.48. The van der Waals surface area contributed by atoms with Crippen LogP contribution in [0.2, 0.25) is 0 Å². The van der Waals surface area contributed by atoms with Crippen molar-refractivity contribution in [2.45, 2.75) is 103 Å². The van der Waals surface area contributed by atoms with E-state index in [1.165, 1.54) is 19.1 Å². The van der Waals surface area contributed by atoms with Gasteiger partial charge in [0.25, 0.3) is 0 Å². The van der Waals surface area contributed by atoms with Crippen LogP contribution in [0.4, 0.5) is 47.0 Å². The van der Waals surface area contributed by atoms with E-state index in [2.05, 4.69) is 9.97 Å². The predicted octanol–water partition coefficient (Wildman–Crippen LogP) is 9.42. The van der Waals surface area contributed by atoms with Crippen LogP contribution in [0.1, 0.15) is 69.3 Å².